The third-order valence-electron chi connectivity index (χ3n) is 3.74. The third kappa shape index (κ3) is 2.09. The number of nitrogens with one attached hydrogen (secondary N) is 1. The molecule has 0 spiro atoms. The summed E-state index contributed by atoms with van der Waals surface area (Å²) in [6, 6.07) is 2.18. The van der Waals surface area contributed by atoms with Crippen LogP contribution in [0.15, 0.2) is 6.07 Å². The monoisotopic (exact) mass is 261 g/mol. The van der Waals surface area contributed by atoms with E-state index in [1.165, 1.54) is 42.4 Å². The van der Waals surface area contributed by atoms with Gasteiger partial charge in [0, 0.05) is 17.8 Å². The van der Waals surface area contributed by atoms with Gasteiger partial charge in [-0.25, -0.2) is 9.97 Å². The number of aryl methyl sites for hydroxylation is 1. The van der Waals surface area contributed by atoms with Gasteiger partial charge < -0.3 is 5.32 Å². The van der Waals surface area contributed by atoms with Crippen molar-refractivity contribution in [3.05, 3.63) is 16.8 Å². The molecule has 0 saturated heterocycles. The Morgan fingerprint density at radius 2 is 2.00 bits per heavy atom. The Morgan fingerprint density at radius 1 is 1.22 bits per heavy atom. The summed E-state index contributed by atoms with van der Waals surface area (Å²) in [7, 11) is 1.94. The van der Waals surface area contributed by atoms with Crippen LogP contribution in [0.1, 0.15) is 48.7 Å². The molecule has 0 bridgehead atoms. The molecule has 4 heteroatoms. The average molecular weight is 261 g/mol. The second-order valence-electron chi connectivity index (χ2n) is 5.09. The summed E-state index contributed by atoms with van der Waals surface area (Å²) in [5, 5.41) is 4.38. The van der Waals surface area contributed by atoms with E-state index in [-0.39, 0.29) is 0 Å². The van der Waals surface area contributed by atoms with Crippen LogP contribution in [0.2, 0.25) is 0 Å². The molecule has 0 aromatic carbocycles. The SMILES string of the molecule is CNc1nc(C2CCCCC2)nc2sc(C)cc12. The lowest BCUT2D eigenvalue weighted by molar-refractivity contribution is 0.430. The molecule has 18 heavy (non-hydrogen) atoms. The Labute approximate surface area is 112 Å². The van der Waals surface area contributed by atoms with E-state index in [0.29, 0.717) is 5.92 Å². The van der Waals surface area contributed by atoms with Crippen molar-refractivity contribution < 1.29 is 0 Å². The van der Waals surface area contributed by atoms with Gasteiger partial charge in [-0.3, -0.25) is 0 Å². The Kier molecular flexibility index (Phi) is 3.20. The number of anilines is 1. The molecule has 0 radical (unpaired) electrons. The normalized spacial score (nSPS) is 17.2. The van der Waals surface area contributed by atoms with Crippen molar-refractivity contribution in [2.75, 3.05) is 12.4 Å². The van der Waals surface area contributed by atoms with Crippen LogP contribution in [0.5, 0.6) is 0 Å². The van der Waals surface area contributed by atoms with E-state index in [1.54, 1.807) is 11.3 Å². The summed E-state index contributed by atoms with van der Waals surface area (Å²) in [4.78, 5) is 12.0. The number of thiophene rings is 1. The van der Waals surface area contributed by atoms with Crippen LogP contribution in [-0.4, -0.2) is 17.0 Å². The van der Waals surface area contributed by atoms with Crippen molar-refractivity contribution in [3.8, 4) is 0 Å². The maximum Gasteiger partial charge on any atom is 0.138 e. The van der Waals surface area contributed by atoms with E-state index in [2.05, 4.69) is 18.3 Å². The molecule has 3 rings (SSSR count). The van der Waals surface area contributed by atoms with Crippen molar-refractivity contribution in [1.82, 2.24) is 9.97 Å². The molecule has 96 valence electrons. The molecule has 0 aliphatic heterocycles. The maximum absolute atomic E-state index is 4.80. The fourth-order valence-electron chi connectivity index (χ4n) is 2.79. The van der Waals surface area contributed by atoms with Crippen LogP contribution in [0, 0.1) is 6.92 Å². The van der Waals surface area contributed by atoms with E-state index in [4.69, 9.17) is 9.97 Å². The molecule has 1 aliphatic rings. The molecular weight excluding hydrogens is 242 g/mol. The molecule has 1 fully saturated rings. The minimum Gasteiger partial charge on any atom is -0.372 e. The van der Waals surface area contributed by atoms with Gasteiger partial charge in [-0.05, 0) is 25.8 Å². The molecule has 2 aromatic rings. The van der Waals surface area contributed by atoms with E-state index in [1.807, 2.05) is 7.05 Å². The highest BCUT2D eigenvalue weighted by Crippen LogP contribution is 2.34. The van der Waals surface area contributed by atoms with E-state index in [0.717, 1.165) is 16.5 Å². The topological polar surface area (TPSA) is 37.8 Å². The number of fused-ring (bicyclic) bond motifs is 1. The second kappa shape index (κ2) is 4.84. The predicted octanol–water partition coefficient (Wildman–Crippen LogP) is 4.09. The van der Waals surface area contributed by atoms with Gasteiger partial charge in [0.25, 0.3) is 0 Å². The van der Waals surface area contributed by atoms with Crippen LogP contribution in [0.4, 0.5) is 5.82 Å². The zero-order chi connectivity index (χ0) is 12.5. The summed E-state index contributed by atoms with van der Waals surface area (Å²) < 4.78 is 0. The second-order valence-corrected chi connectivity index (χ2v) is 6.33. The maximum atomic E-state index is 4.80. The predicted molar refractivity (Wildman–Crippen MR) is 77.5 cm³/mol. The van der Waals surface area contributed by atoms with Gasteiger partial charge in [0.15, 0.2) is 0 Å². The first-order chi connectivity index (χ1) is 8.78. The third-order valence-corrected chi connectivity index (χ3v) is 4.68. The smallest absolute Gasteiger partial charge is 0.138 e. The zero-order valence-corrected chi connectivity index (χ0v) is 11.8. The lowest BCUT2D eigenvalue weighted by atomic mass is 9.89. The zero-order valence-electron chi connectivity index (χ0n) is 11.0. The van der Waals surface area contributed by atoms with Crippen molar-refractivity contribution >= 4 is 27.4 Å². The minimum atomic E-state index is 0.567. The van der Waals surface area contributed by atoms with Crippen LogP contribution >= 0.6 is 11.3 Å². The molecule has 2 aromatic heterocycles. The summed E-state index contributed by atoms with van der Waals surface area (Å²) in [5.74, 6) is 2.61. The fraction of sp³-hybridized carbons (Fsp3) is 0.571. The van der Waals surface area contributed by atoms with Gasteiger partial charge in [0.05, 0.1) is 5.39 Å². The van der Waals surface area contributed by atoms with Crippen molar-refractivity contribution in [2.45, 2.75) is 44.9 Å². The molecule has 1 saturated carbocycles. The molecule has 2 heterocycles. The number of aromatic nitrogens is 2. The van der Waals surface area contributed by atoms with Gasteiger partial charge in [-0.15, -0.1) is 11.3 Å². The molecule has 3 nitrogen and oxygen atoms in total. The highest BCUT2D eigenvalue weighted by atomic mass is 32.1. The largest absolute Gasteiger partial charge is 0.372 e. The van der Waals surface area contributed by atoms with Crippen molar-refractivity contribution in [1.29, 1.82) is 0 Å². The highest BCUT2D eigenvalue weighted by Gasteiger charge is 2.20. The summed E-state index contributed by atoms with van der Waals surface area (Å²) in [6.07, 6.45) is 6.52. The molecule has 0 unspecified atom stereocenters. The van der Waals surface area contributed by atoms with Crippen LogP contribution < -0.4 is 5.32 Å². The fourth-order valence-corrected chi connectivity index (χ4v) is 3.68. The van der Waals surface area contributed by atoms with Crippen LogP contribution in [0.25, 0.3) is 10.2 Å². The Bertz CT molecular complexity index is 555. The van der Waals surface area contributed by atoms with Crippen LogP contribution in [-0.2, 0) is 0 Å². The first kappa shape index (κ1) is 11.9. The summed E-state index contributed by atoms with van der Waals surface area (Å²) in [5.41, 5.74) is 0. The van der Waals surface area contributed by atoms with E-state index >= 15 is 0 Å². The molecule has 0 atom stereocenters. The van der Waals surface area contributed by atoms with Crippen molar-refractivity contribution in [3.63, 3.8) is 0 Å². The summed E-state index contributed by atoms with van der Waals surface area (Å²) >= 11 is 1.77. The summed E-state index contributed by atoms with van der Waals surface area (Å²) in [6.45, 7) is 2.13. The van der Waals surface area contributed by atoms with Crippen LogP contribution in [0.3, 0.4) is 0 Å². The van der Waals surface area contributed by atoms with Gasteiger partial charge in [-0.1, -0.05) is 19.3 Å². The number of hydrogen-bond donors (Lipinski definition) is 1. The first-order valence-electron chi connectivity index (χ1n) is 6.74. The molecule has 0 amide bonds. The highest BCUT2D eigenvalue weighted by molar-refractivity contribution is 7.18. The lowest BCUT2D eigenvalue weighted by Crippen LogP contribution is -2.10. The lowest BCUT2D eigenvalue weighted by Gasteiger charge is -2.20. The van der Waals surface area contributed by atoms with E-state index < -0.39 is 0 Å². The minimum absolute atomic E-state index is 0.567. The molecule has 1 aliphatic carbocycles. The average Bonchev–Trinajstić information content (AvgIpc) is 2.78. The quantitative estimate of drug-likeness (QED) is 0.884. The van der Waals surface area contributed by atoms with Gasteiger partial charge >= 0.3 is 0 Å². The number of nitrogens with zero attached hydrogens (tertiary/aromatic N) is 2. The number of rotatable bonds is 2. The van der Waals surface area contributed by atoms with Gasteiger partial charge in [0.1, 0.15) is 16.5 Å². The van der Waals surface area contributed by atoms with E-state index in [9.17, 15) is 0 Å². The van der Waals surface area contributed by atoms with Gasteiger partial charge in [0.2, 0.25) is 0 Å². The molecular formula is C14H19N3S. The van der Waals surface area contributed by atoms with Gasteiger partial charge in [-0.2, -0.15) is 0 Å². The van der Waals surface area contributed by atoms with Crippen molar-refractivity contribution in [2.24, 2.45) is 0 Å². The number of hydrogen-bond acceptors (Lipinski definition) is 4. The Balaban J connectivity index is 2.06. The standard InChI is InChI=1S/C14H19N3S/c1-9-8-11-13(15-2)16-12(17-14(11)18-9)10-6-4-3-5-7-10/h8,10H,3-7H2,1-2H3,(H,15,16,17). The Morgan fingerprint density at radius 3 is 2.72 bits per heavy atom. The molecule has 1 N–H and O–H groups in total. The first-order valence-corrected chi connectivity index (χ1v) is 7.55. The Hall–Kier alpha value is -1.16.